The zero-order valence-corrected chi connectivity index (χ0v) is 16.9. The minimum Gasteiger partial charge on any atom is -0.337 e. The van der Waals surface area contributed by atoms with Crippen molar-refractivity contribution in [2.24, 2.45) is 0 Å². The molecule has 2 aliphatic rings. The lowest BCUT2D eigenvalue weighted by atomic mass is 9.87. The molecule has 1 N–H and O–H groups in total. The summed E-state index contributed by atoms with van der Waals surface area (Å²) in [6.07, 6.45) is 3.25. The van der Waals surface area contributed by atoms with Gasteiger partial charge >= 0.3 is 0 Å². The molecule has 1 fully saturated rings. The number of carbonyl (C=O) groups excluding carboxylic acids is 2. The third kappa shape index (κ3) is 4.39. The summed E-state index contributed by atoms with van der Waals surface area (Å²) >= 11 is 1.20. The highest BCUT2D eigenvalue weighted by molar-refractivity contribution is 8.03. The molecule has 1 saturated heterocycles. The van der Waals surface area contributed by atoms with E-state index in [-0.39, 0.29) is 41.9 Å². The van der Waals surface area contributed by atoms with Gasteiger partial charge in [0, 0.05) is 24.4 Å². The van der Waals surface area contributed by atoms with E-state index in [1.54, 1.807) is 12.1 Å². The first-order valence-corrected chi connectivity index (χ1v) is 10.5. The molecule has 1 aromatic rings. The third-order valence-corrected chi connectivity index (χ3v) is 6.45. The van der Waals surface area contributed by atoms with E-state index in [1.165, 1.54) is 23.9 Å². The number of likely N-dealkylation sites (tertiary alicyclic amines) is 1. The van der Waals surface area contributed by atoms with Gasteiger partial charge in [0.25, 0.3) is 0 Å². The Labute approximate surface area is 169 Å². The largest absolute Gasteiger partial charge is 0.337 e. The van der Waals surface area contributed by atoms with Crippen LogP contribution in [0, 0.1) is 17.1 Å². The predicted molar refractivity (Wildman–Crippen MR) is 107 cm³/mol. The van der Waals surface area contributed by atoms with E-state index in [0.717, 1.165) is 24.8 Å². The van der Waals surface area contributed by atoms with E-state index in [9.17, 15) is 19.2 Å². The second kappa shape index (κ2) is 8.78. The number of nitrogens with zero attached hydrogens (tertiary/aromatic N) is 2. The van der Waals surface area contributed by atoms with Crippen LogP contribution in [0.3, 0.4) is 0 Å². The number of amides is 2. The molecule has 3 rings (SSSR count). The van der Waals surface area contributed by atoms with Gasteiger partial charge in [-0.15, -0.1) is 0 Å². The number of carbonyl (C=O) groups is 2. The number of piperidine rings is 1. The van der Waals surface area contributed by atoms with Crippen LogP contribution in [-0.4, -0.2) is 34.6 Å². The SMILES string of the molecule is C[C@@H]1CCC[C@@H](C)N1C(=O)CSC1=C(C#N)[C@@H](c2ccc(F)cc2)CC(=O)N1. The summed E-state index contributed by atoms with van der Waals surface area (Å²) in [7, 11) is 0. The number of hydrogen-bond donors (Lipinski definition) is 1. The lowest BCUT2D eigenvalue weighted by Crippen LogP contribution is -2.48. The Bertz CT molecular complexity index is 821. The van der Waals surface area contributed by atoms with Gasteiger partial charge in [0.15, 0.2) is 0 Å². The zero-order valence-electron chi connectivity index (χ0n) is 16.1. The molecule has 0 bridgehead atoms. The molecule has 0 radical (unpaired) electrons. The van der Waals surface area contributed by atoms with Gasteiger partial charge in [-0.05, 0) is 50.8 Å². The lowest BCUT2D eigenvalue weighted by molar-refractivity contribution is -0.134. The van der Waals surface area contributed by atoms with Crippen molar-refractivity contribution >= 4 is 23.6 Å². The number of halogens is 1. The van der Waals surface area contributed by atoms with Crippen molar-refractivity contribution in [1.29, 1.82) is 5.26 Å². The van der Waals surface area contributed by atoms with Crippen LogP contribution < -0.4 is 5.32 Å². The van der Waals surface area contributed by atoms with Crippen LogP contribution in [0.1, 0.15) is 51.0 Å². The van der Waals surface area contributed by atoms with Crippen LogP contribution in [0.5, 0.6) is 0 Å². The molecule has 3 atom stereocenters. The van der Waals surface area contributed by atoms with Gasteiger partial charge in [0.05, 0.1) is 22.4 Å². The number of nitriles is 1. The van der Waals surface area contributed by atoms with Crippen molar-refractivity contribution in [2.45, 2.75) is 57.5 Å². The highest BCUT2D eigenvalue weighted by Crippen LogP contribution is 2.36. The minimum atomic E-state index is -0.426. The first-order valence-electron chi connectivity index (χ1n) is 9.54. The molecule has 28 heavy (non-hydrogen) atoms. The van der Waals surface area contributed by atoms with Gasteiger partial charge in [0.2, 0.25) is 11.8 Å². The Morgan fingerprint density at radius 1 is 1.29 bits per heavy atom. The fourth-order valence-corrected chi connectivity index (χ4v) is 4.98. The summed E-state index contributed by atoms with van der Waals surface area (Å²) in [4.78, 5) is 26.9. The molecule has 2 amide bonds. The molecule has 0 saturated carbocycles. The normalized spacial score (nSPS) is 25.3. The predicted octanol–water partition coefficient (Wildman–Crippen LogP) is 3.69. The van der Waals surface area contributed by atoms with E-state index in [0.29, 0.717) is 10.6 Å². The molecule has 1 aromatic carbocycles. The summed E-state index contributed by atoms with van der Waals surface area (Å²) in [6, 6.07) is 8.44. The van der Waals surface area contributed by atoms with E-state index < -0.39 is 5.92 Å². The number of hydrogen-bond acceptors (Lipinski definition) is 4. The Balaban J connectivity index is 1.78. The van der Waals surface area contributed by atoms with E-state index >= 15 is 0 Å². The van der Waals surface area contributed by atoms with Crippen molar-refractivity contribution in [1.82, 2.24) is 10.2 Å². The van der Waals surface area contributed by atoms with Gasteiger partial charge in [-0.1, -0.05) is 23.9 Å². The first kappa shape index (κ1) is 20.4. The highest BCUT2D eigenvalue weighted by Gasteiger charge is 2.32. The maximum absolute atomic E-state index is 13.2. The van der Waals surface area contributed by atoms with E-state index in [4.69, 9.17) is 0 Å². The van der Waals surface area contributed by atoms with Crippen LogP contribution in [0.25, 0.3) is 0 Å². The number of nitrogens with one attached hydrogen (secondary N) is 1. The van der Waals surface area contributed by atoms with Crippen LogP contribution in [0.4, 0.5) is 4.39 Å². The summed E-state index contributed by atoms with van der Waals surface area (Å²) in [6.45, 7) is 4.12. The molecule has 5 nitrogen and oxygen atoms in total. The van der Waals surface area contributed by atoms with Crippen LogP contribution >= 0.6 is 11.8 Å². The smallest absolute Gasteiger partial charge is 0.233 e. The van der Waals surface area contributed by atoms with Crippen molar-refractivity contribution in [3.63, 3.8) is 0 Å². The monoisotopic (exact) mass is 401 g/mol. The first-order chi connectivity index (χ1) is 13.4. The summed E-state index contributed by atoms with van der Waals surface area (Å²) < 4.78 is 13.2. The Hall–Kier alpha value is -2.33. The molecule has 7 heteroatoms. The minimum absolute atomic E-state index is 0.0210. The van der Waals surface area contributed by atoms with Gasteiger partial charge in [-0.25, -0.2) is 4.39 Å². The fourth-order valence-electron chi connectivity index (χ4n) is 4.03. The van der Waals surface area contributed by atoms with E-state index in [2.05, 4.69) is 25.2 Å². The highest BCUT2D eigenvalue weighted by atomic mass is 32.2. The van der Waals surface area contributed by atoms with Crippen LogP contribution in [-0.2, 0) is 9.59 Å². The third-order valence-electron chi connectivity index (χ3n) is 5.45. The van der Waals surface area contributed by atoms with Crippen molar-refractivity contribution in [2.75, 3.05) is 5.75 Å². The summed E-state index contributed by atoms with van der Waals surface area (Å²) in [5.41, 5.74) is 1.14. The molecule has 0 unspecified atom stereocenters. The average molecular weight is 402 g/mol. The van der Waals surface area contributed by atoms with Gasteiger partial charge in [-0.2, -0.15) is 5.26 Å². The molecule has 0 spiro atoms. The lowest BCUT2D eigenvalue weighted by Gasteiger charge is -2.39. The van der Waals surface area contributed by atoms with Gasteiger partial charge in [0.1, 0.15) is 5.82 Å². The molecular formula is C21H24FN3O2S. The molecule has 2 heterocycles. The fraction of sp³-hybridized carbons (Fsp3) is 0.476. The molecule has 0 aliphatic carbocycles. The summed E-state index contributed by atoms with van der Waals surface area (Å²) in [5.74, 6) is -0.803. The van der Waals surface area contributed by atoms with Crippen LogP contribution in [0.15, 0.2) is 34.9 Å². The molecule has 148 valence electrons. The van der Waals surface area contributed by atoms with Gasteiger partial charge < -0.3 is 10.2 Å². The van der Waals surface area contributed by atoms with Crippen molar-refractivity contribution in [3.8, 4) is 6.07 Å². The number of rotatable bonds is 4. The molecule has 0 aromatic heterocycles. The summed E-state index contributed by atoms with van der Waals surface area (Å²) in [5, 5.41) is 12.9. The standard InChI is InChI=1S/C21H24FN3O2S/c1-13-4-3-5-14(2)25(13)20(27)12-28-21-18(11-23)17(10-19(26)24-21)15-6-8-16(22)9-7-15/h6-9,13-14,17H,3-5,10,12H2,1-2H3,(H,24,26)/t13-,14-,17-/m1/s1. The van der Waals surface area contributed by atoms with Crippen molar-refractivity contribution in [3.05, 3.63) is 46.2 Å². The maximum Gasteiger partial charge on any atom is 0.233 e. The average Bonchev–Trinajstić information content (AvgIpc) is 2.66. The Morgan fingerprint density at radius 2 is 1.93 bits per heavy atom. The number of thioether (sulfide) groups is 1. The second-order valence-electron chi connectivity index (χ2n) is 7.43. The van der Waals surface area contributed by atoms with Crippen molar-refractivity contribution < 1.29 is 14.0 Å². The van der Waals surface area contributed by atoms with E-state index in [1.807, 2.05) is 4.90 Å². The van der Waals surface area contributed by atoms with Crippen LogP contribution in [0.2, 0.25) is 0 Å². The second-order valence-corrected chi connectivity index (χ2v) is 8.42. The quantitative estimate of drug-likeness (QED) is 0.835. The molecular weight excluding hydrogens is 377 g/mol. The topological polar surface area (TPSA) is 73.2 Å². The molecule has 2 aliphatic heterocycles. The number of benzene rings is 1. The van der Waals surface area contributed by atoms with Gasteiger partial charge in [-0.3, -0.25) is 9.59 Å². The number of allylic oxidation sites excluding steroid dienone is 1. The zero-order chi connectivity index (χ0) is 20.3. The Morgan fingerprint density at radius 3 is 2.54 bits per heavy atom. The maximum atomic E-state index is 13.2. The Kier molecular flexibility index (Phi) is 6.40.